The Morgan fingerprint density at radius 1 is 1.03 bits per heavy atom. The molecule has 3 aromatic rings. The second kappa shape index (κ2) is 11.4. The van der Waals surface area contributed by atoms with Gasteiger partial charge in [0, 0.05) is 31.0 Å². The van der Waals surface area contributed by atoms with Gasteiger partial charge in [-0.25, -0.2) is 17.9 Å². The van der Waals surface area contributed by atoms with E-state index in [0.29, 0.717) is 28.1 Å². The summed E-state index contributed by atoms with van der Waals surface area (Å²) in [5.74, 6) is -2.84. The van der Waals surface area contributed by atoms with Crippen LogP contribution in [0.25, 0.3) is 0 Å². The average Bonchev–Trinajstić information content (AvgIpc) is 3.30. The number of carbonyl (C=O) groups is 2. The molecule has 194 valence electrons. The Labute approximate surface area is 224 Å². The maximum Gasteiger partial charge on any atom is 0.336 e. The van der Waals surface area contributed by atoms with Crippen LogP contribution in [0.4, 0.5) is 36.3 Å². The zero-order valence-electron chi connectivity index (χ0n) is 20.2. The van der Waals surface area contributed by atoms with E-state index in [9.17, 15) is 18.4 Å². The Morgan fingerprint density at radius 3 is 2.27 bits per heavy atom. The summed E-state index contributed by atoms with van der Waals surface area (Å²) in [6, 6.07) is 14.4. The van der Waals surface area contributed by atoms with Crippen molar-refractivity contribution in [3.63, 3.8) is 0 Å². The minimum atomic E-state index is -0.960. The molecule has 3 aromatic carbocycles. The first kappa shape index (κ1) is 26.7. The summed E-state index contributed by atoms with van der Waals surface area (Å²) in [6.45, 7) is 2.00. The number of likely N-dealkylation sites (N-methyl/N-ethyl adjacent to an activating group) is 2. The number of thiol groups is 1. The van der Waals surface area contributed by atoms with Crippen LogP contribution >= 0.6 is 24.4 Å². The molecule has 2 N–H and O–H groups in total. The number of nitrogens with one attached hydrogen (secondary N) is 2. The van der Waals surface area contributed by atoms with Gasteiger partial charge < -0.3 is 20.4 Å². The number of rotatable bonds is 6. The molecule has 37 heavy (non-hydrogen) atoms. The highest BCUT2D eigenvalue weighted by Crippen LogP contribution is 2.31. The minimum absolute atomic E-state index is 0.290. The van der Waals surface area contributed by atoms with E-state index in [-0.39, 0.29) is 0 Å². The number of hydrogen-bond donors (Lipinski definition) is 3. The van der Waals surface area contributed by atoms with Gasteiger partial charge in [-0.15, -0.1) is 0 Å². The number of benzene rings is 3. The van der Waals surface area contributed by atoms with Crippen molar-refractivity contribution in [1.82, 2.24) is 4.90 Å². The van der Waals surface area contributed by atoms with Gasteiger partial charge in [-0.1, -0.05) is 30.5 Å². The van der Waals surface area contributed by atoms with E-state index in [1.165, 1.54) is 30.3 Å². The van der Waals surface area contributed by atoms with Gasteiger partial charge in [-0.2, -0.15) is 0 Å². The second-order valence-corrected chi connectivity index (χ2v) is 9.63. The molecule has 0 radical (unpaired) electrons. The van der Waals surface area contributed by atoms with Gasteiger partial charge in [0.15, 0.2) is 0 Å². The number of urea groups is 1. The Hall–Kier alpha value is -3.34. The number of nitrogens with zero attached hydrogens (tertiary/aromatic N) is 3. The Balaban J connectivity index is 1.38. The molecule has 1 aliphatic heterocycles. The number of likely N-dealkylation sites (tertiary alicyclic amines) is 1. The highest BCUT2D eigenvalue weighted by atomic mass is 35.5. The van der Waals surface area contributed by atoms with Gasteiger partial charge in [0.05, 0.1) is 16.4 Å². The van der Waals surface area contributed by atoms with Crippen molar-refractivity contribution in [1.29, 1.82) is 0 Å². The zero-order valence-corrected chi connectivity index (χ0v) is 21.9. The lowest BCUT2D eigenvalue weighted by atomic mass is 10.1. The third-order valence-electron chi connectivity index (χ3n) is 6.25. The lowest BCUT2D eigenvalue weighted by Crippen LogP contribution is -2.33. The van der Waals surface area contributed by atoms with Crippen LogP contribution in [-0.4, -0.2) is 50.1 Å². The molecule has 1 unspecified atom stereocenters. The average molecular weight is 546 g/mol. The van der Waals surface area contributed by atoms with Gasteiger partial charge in [-0.05, 0) is 74.6 Å². The van der Waals surface area contributed by atoms with E-state index >= 15 is 0 Å². The highest BCUT2D eigenvalue weighted by Gasteiger charge is 2.25. The largest absolute Gasteiger partial charge is 0.369 e. The lowest BCUT2D eigenvalue weighted by molar-refractivity contribution is 0.101. The topological polar surface area (TPSA) is 67.9 Å². The van der Waals surface area contributed by atoms with Crippen molar-refractivity contribution in [2.75, 3.05) is 47.0 Å². The van der Waals surface area contributed by atoms with Gasteiger partial charge in [-0.3, -0.25) is 4.79 Å². The number of carbonyl (C=O) groups excluding carboxylic acids is 2. The van der Waals surface area contributed by atoms with Crippen molar-refractivity contribution in [3.05, 3.63) is 82.9 Å². The quantitative estimate of drug-likeness (QED) is 0.338. The minimum Gasteiger partial charge on any atom is -0.369 e. The number of amides is 3. The molecule has 4 rings (SSSR count). The molecular weight excluding hydrogens is 520 g/mol. The Kier molecular flexibility index (Phi) is 8.21. The van der Waals surface area contributed by atoms with Crippen LogP contribution in [0.1, 0.15) is 16.8 Å². The third kappa shape index (κ3) is 6.15. The summed E-state index contributed by atoms with van der Waals surface area (Å²) in [7, 11) is 4.10. The molecule has 0 saturated carbocycles. The molecule has 3 amide bonds. The van der Waals surface area contributed by atoms with Crippen LogP contribution in [0.3, 0.4) is 0 Å². The van der Waals surface area contributed by atoms with E-state index in [0.717, 1.165) is 41.6 Å². The van der Waals surface area contributed by atoms with Crippen LogP contribution in [0, 0.1) is 11.6 Å². The molecule has 1 atom stereocenters. The van der Waals surface area contributed by atoms with Crippen LogP contribution < -0.4 is 19.8 Å². The van der Waals surface area contributed by atoms with E-state index in [1.54, 1.807) is 12.1 Å². The van der Waals surface area contributed by atoms with Gasteiger partial charge in [0.25, 0.3) is 5.91 Å². The Bertz CT molecular complexity index is 1290. The monoisotopic (exact) mass is 545 g/mol. The summed E-state index contributed by atoms with van der Waals surface area (Å²) in [5, 5.41) is 5.71. The Morgan fingerprint density at radius 2 is 1.68 bits per heavy atom. The highest BCUT2D eigenvalue weighted by molar-refractivity contribution is 7.82. The molecule has 0 bridgehead atoms. The maximum atomic E-state index is 13.8. The van der Waals surface area contributed by atoms with E-state index in [1.807, 2.05) is 13.1 Å². The van der Waals surface area contributed by atoms with Crippen LogP contribution in [0.5, 0.6) is 0 Å². The first-order valence-electron chi connectivity index (χ1n) is 11.5. The zero-order chi connectivity index (χ0) is 26.7. The molecule has 0 aromatic heterocycles. The third-order valence-corrected chi connectivity index (χ3v) is 6.96. The van der Waals surface area contributed by atoms with Crippen molar-refractivity contribution in [2.45, 2.75) is 12.5 Å². The van der Waals surface area contributed by atoms with Crippen molar-refractivity contribution in [2.24, 2.45) is 0 Å². The molecule has 1 aliphatic rings. The maximum absolute atomic E-state index is 13.8. The van der Waals surface area contributed by atoms with Crippen molar-refractivity contribution < 1.29 is 18.4 Å². The summed E-state index contributed by atoms with van der Waals surface area (Å²) in [6.07, 6.45) is 1.05. The molecule has 1 saturated heterocycles. The van der Waals surface area contributed by atoms with Crippen molar-refractivity contribution >= 4 is 59.1 Å². The summed E-state index contributed by atoms with van der Waals surface area (Å²) < 4.78 is 28.8. The predicted octanol–water partition coefficient (Wildman–Crippen LogP) is 5.89. The van der Waals surface area contributed by atoms with Crippen molar-refractivity contribution in [3.8, 4) is 0 Å². The number of hydrogen-bond acceptors (Lipinski definition) is 5. The first-order chi connectivity index (χ1) is 17.6. The van der Waals surface area contributed by atoms with E-state index in [4.69, 9.17) is 11.6 Å². The fourth-order valence-corrected chi connectivity index (χ4v) is 4.68. The van der Waals surface area contributed by atoms with E-state index < -0.39 is 29.1 Å². The van der Waals surface area contributed by atoms with Gasteiger partial charge >= 0.3 is 6.03 Å². The predicted molar refractivity (Wildman–Crippen MR) is 147 cm³/mol. The standard InChI is InChI=1S/C26H26ClF2N5O2S/c1-32-13-12-19(15-32)33(2)23-11-8-17(14-20(23)27)31-26(36)34(37)18-9-6-16(7-10-18)30-25(35)24-21(28)4-3-5-22(24)29/h3-11,14,19,37H,12-13,15H2,1-2H3,(H,30,35)(H,31,36). The fraction of sp³-hybridized carbons (Fsp3) is 0.231. The smallest absolute Gasteiger partial charge is 0.336 e. The van der Waals surface area contributed by atoms with Crippen LogP contribution in [0.2, 0.25) is 5.02 Å². The second-order valence-electron chi connectivity index (χ2n) is 8.82. The molecule has 0 aliphatic carbocycles. The van der Waals surface area contributed by atoms with E-state index in [2.05, 4.69) is 40.3 Å². The van der Waals surface area contributed by atoms with Crippen LogP contribution in [0.15, 0.2) is 60.7 Å². The molecular formula is C26H26ClF2N5O2S. The molecule has 11 heteroatoms. The SMILES string of the molecule is CN1CCC(N(C)c2ccc(NC(=O)N(S)c3ccc(NC(=O)c4c(F)cccc4F)cc3)cc2Cl)C1. The lowest BCUT2D eigenvalue weighted by Gasteiger charge is -2.27. The van der Waals surface area contributed by atoms with Gasteiger partial charge in [0.2, 0.25) is 0 Å². The first-order valence-corrected chi connectivity index (χ1v) is 12.3. The summed E-state index contributed by atoms with van der Waals surface area (Å²) >= 11 is 10.8. The fourth-order valence-electron chi connectivity index (χ4n) is 4.18. The molecule has 7 nitrogen and oxygen atoms in total. The molecule has 0 spiro atoms. The normalized spacial score (nSPS) is 15.4. The number of anilines is 4. The molecule has 1 fully saturated rings. The molecule has 1 heterocycles. The summed E-state index contributed by atoms with van der Waals surface area (Å²) in [5.41, 5.74) is 1.41. The number of halogens is 3. The van der Waals surface area contributed by atoms with Gasteiger partial charge in [0.1, 0.15) is 17.2 Å². The van der Waals surface area contributed by atoms with Crippen LogP contribution in [-0.2, 0) is 0 Å². The summed E-state index contributed by atoms with van der Waals surface area (Å²) in [4.78, 5) is 29.4.